The fourth-order valence-corrected chi connectivity index (χ4v) is 3.28. The number of nitrogens with zero attached hydrogens (tertiary/aromatic N) is 2. The van der Waals surface area contributed by atoms with E-state index in [0.717, 1.165) is 22.0 Å². The Bertz CT molecular complexity index is 632. The maximum Gasteiger partial charge on any atom is 0.342 e. The summed E-state index contributed by atoms with van der Waals surface area (Å²) in [6.45, 7) is 0.634. The van der Waals surface area contributed by atoms with Crippen LogP contribution in [0.5, 0.6) is 0 Å². The molecule has 0 radical (unpaired) electrons. The molecule has 1 saturated heterocycles. The number of hydrogen-bond acceptors (Lipinski definition) is 3. The van der Waals surface area contributed by atoms with E-state index in [1.54, 1.807) is 6.07 Å². The Morgan fingerprint density at radius 1 is 1.19 bits per heavy atom. The third-order valence-corrected chi connectivity index (χ3v) is 4.27. The minimum atomic E-state index is -0.525. The summed E-state index contributed by atoms with van der Waals surface area (Å²) >= 11 is 2.30. The van der Waals surface area contributed by atoms with Gasteiger partial charge in [0.15, 0.2) is 0 Å². The normalized spacial score (nSPS) is 18.0. The van der Waals surface area contributed by atoms with Gasteiger partial charge in [0.2, 0.25) is 5.91 Å². The molecule has 1 aromatic carbocycles. The van der Waals surface area contributed by atoms with Gasteiger partial charge >= 0.3 is 6.03 Å². The van der Waals surface area contributed by atoms with Gasteiger partial charge in [-0.15, -0.1) is 0 Å². The fourth-order valence-electron chi connectivity index (χ4n) is 2.70. The molecule has 2 aliphatic heterocycles. The van der Waals surface area contributed by atoms with Crippen LogP contribution in [0.4, 0.5) is 4.79 Å². The van der Waals surface area contributed by atoms with Crippen LogP contribution < -0.4 is 5.32 Å². The van der Waals surface area contributed by atoms with Crippen LogP contribution in [0.25, 0.3) is 0 Å². The van der Waals surface area contributed by atoms with Crippen LogP contribution in [0.2, 0.25) is 0 Å². The van der Waals surface area contributed by atoms with Crippen molar-refractivity contribution >= 4 is 40.4 Å². The number of urea groups is 1. The molecule has 1 aromatic rings. The molecule has 1 N–H and O–H groups in total. The number of amides is 4. The van der Waals surface area contributed by atoms with Gasteiger partial charge in [0.1, 0.15) is 0 Å². The number of nitrogens with one attached hydrogen (secondary N) is 1. The molecule has 0 unspecified atom stereocenters. The van der Waals surface area contributed by atoms with Crippen molar-refractivity contribution in [2.24, 2.45) is 0 Å². The Labute approximate surface area is 135 Å². The van der Waals surface area contributed by atoms with Gasteiger partial charge in [-0.3, -0.25) is 14.9 Å². The minimum Gasteiger partial charge on any atom is -0.276 e. The van der Waals surface area contributed by atoms with Crippen molar-refractivity contribution in [1.29, 1.82) is 0 Å². The molecule has 6 nitrogen and oxygen atoms in total. The monoisotopic (exact) mass is 399 g/mol. The molecular formula is C14H14IN3O3. The van der Waals surface area contributed by atoms with Crippen LogP contribution in [0, 0.1) is 0 Å². The Kier molecular flexibility index (Phi) is 3.83. The lowest BCUT2D eigenvalue weighted by atomic mass is 10.0. The lowest BCUT2D eigenvalue weighted by molar-refractivity contribution is -0.123. The van der Waals surface area contributed by atoms with E-state index in [9.17, 15) is 14.4 Å². The van der Waals surface area contributed by atoms with E-state index in [0.29, 0.717) is 12.1 Å². The molecule has 2 heterocycles. The number of halogens is 1. The lowest BCUT2D eigenvalue weighted by Gasteiger charge is -2.33. The number of hydrazine groups is 1. The number of alkyl halides is 1. The van der Waals surface area contributed by atoms with Gasteiger partial charge in [0.05, 0.1) is 13.1 Å². The molecule has 0 atom stereocenters. The molecular weight excluding hydrogens is 385 g/mol. The Hall–Kier alpha value is -1.64. The number of hydrogen-bond donors (Lipinski definition) is 1. The maximum absolute atomic E-state index is 12.5. The topological polar surface area (TPSA) is 69.7 Å². The van der Waals surface area contributed by atoms with E-state index in [2.05, 4.69) is 27.9 Å². The van der Waals surface area contributed by atoms with Crippen LogP contribution in [-0.2, 0) is 17.8 Å². The van der Waals surface area contributed by atoms with E-state index in [1.807, 2.05) is 12.1 Å². The molecule has 0 bridgehead atoms. The molecule has 0 saturated carbocycles. The predicted octanol–water partition coefficient (Wildman–Crippen LogP) is 1.48. The number of imide groups is 1. The first-order valence-corrected chi connectivity index (χ1v) is 8.24. The smallest absolute Gasteiger partial charge is 0.276 e. The van der Waals surface area contributed by atoms with Crippen molar-refractivity contribution in [1.82, 2.24) is 15.3 Å². The average Bonchev–Trinajstić information content (AvgIpc) is 2.78. The first-order chi connectivity index (χ1) is 10.1. The molecule has 2 aliphatic rings. The summed E-state index contributed by atoms with van der Waals surface area (Å²) in [4.78, 5) is 35.6. The second-order valence-electron chi connectivity index (χ2n) is 4.97. The standard InChI is InChI=1S/C14H14IN3O3/c15-6-4-9-2-1-3-10-11(9)8-18(13(10)20)17-7-5-12(19)16-14(17)21/h1-3H,4-8H2,(H,16,19,21). The average molecular weight is 399 g/mol. The highest BCUT2D eigenvalue weighted by Crippen LogP contribution is 2.28. The molecule has 3 rings (SSSR count). The van der Waals surface area contributed by atoms with Gasteiger partial charge < -0.3 is 0 Å². The summed E-state index contributed by atoms with van der Waals surface area (Å²) in [6, 6.07) is 5.17. The second-order valence-corrected chi connectivity index (χ2v) is 6.05. The van der Waals surface area contributed by atoms with Crippen molar-refractivity contribution in [2.45, 2.75) is 19.4 Å². The zero-order valence-electron chi connectivity index (χ0n) is 11.3. The van der Waals surface area contributed by atoms with Crippen LogP contribution in [0.1, 0.15) is 27.9 Å². The summed E-state index contributed by atoms with van der Waals surface area (Å²) < 4.78 is 0.973. The number of rotatable bonds is 3. The first-order valence-electron chi connectivity index (χ1n) is 6.71. The number of carbonyl (C=O) groups is 3. The zero-order valence-corrected chi connectivity index (χ0v) is 13.4. The highest BCUT2D eigenvalue weighted by Gasteiger charge is 2.37. The molecule has 4 amide bonds. The summed E-state index contributed by atoms with van der Waals surface area (Å²) in [7, 11) is 0. The fraction of sp³-hybridized carbons (Fsp3) is 0.357. The molecule has 1 fully saturated rings. The summed E-state index contributed by atoms with van der Waals surface area (Å²) in [6.07, 6.45) is 1.11. The Morgan fingerprint density at radius 2 is 2.00 bits per heavy atom. The van der Waals surface area contributed by atoms with Gasteiger partial charge in [-0.1, -0.05) is 34.7 Å². The number of aryl methyl sites for hydroxylation is 1. The molecule has 110 valence electrons. The third-order valence-electron chi connectivity index (χ3n) is 3.73. The van der Waals surface area contributed by atoms with E-state index in [4.69, 9.17) is 0 Å². The minimum absolute atomic E-state index is 0.176. The Balaban J connectivity index is 1.88. The number of carbonyl (C=O) groups excluding carboxylic acids is 3. The first kappa shape index (κ1) is 14.3. The van der Waals surface area contributed by atoms with E-state index < -0.39 is 6.03 Å². The lowest BCUT2D eigenvalue weighted by Crippen LogP contribution is -2.56. The largest absolute Gasteiger partial charge is 0.342 e. The highest BCUT2D eigenvalue weighted by atomic mass is 127. The second kappa shape index (κ2) is 5.63. The molecule has 0 aliphatic carbocycles. The van der Waals surface area contributed by atoms with Crippen LogP contribution in [0.3, 0.4) is 0 Å². The van der Waals surface area contributed by atoms with Crippen LogP contribution in [-0.4, -0.2) is 38.8 Å². The highest BCUT2D eigenvalue weighted by molar-refractivity contribution is 14.1. The quantitative estimate of drug-likeness (QED) is 0.619. The van der Waals surface area contributed by atoms with Crippen LogP contribution in [0.15, 0.2) is 18.2 Å². The van der Waals surface area contributed by atoms with Gasteiger partial charge in [0, 0.05) is 16.4 Å². The van der Waals surface area contributed by atoms with E-state index >= 15 is 0 Å². The molecule has 7 heteroatoms. The summed E-state index contributed by atoms with van der Waals surface area (Å²) in [5.41, 5.74) is 2.79. The van der Waals surface area contributed by atoms with Gasteiger partial charge in [-0.05, 0) is 23.6 Å². The number of fused-ring (bicyclic) bond motifs is 1. The molecule has 0 aromatic heterocycles. The molecule has 0 spiro atoms. The Morgan fingerprint density at radius 3 is 2.71 bits per heavy atom. The third kappa shape index (κ3) is 2.50. The summed E-state index contributed by atoms with van der Waals surface area (Å²) in [5.74, 6) is -0.476. The van der Waals surface area contributed by atoms with Gasteiger partial charge in [-0.25, -0.2) is 14.8 Å². The van der Waals surface area contributed by atoms with Gasteiger partial charge in [0.25, 0.3) is 5.91 Å². The molecule has 21 heavy (non-hydrogen) atoms. The predicted molar refractivity (Wildman–Crippen MR) is 83.8 cm³/mol. The van der Waals surface area contributed by atoms with Gasteiger partial charge in [-0.2, -0.15) is 0 Å². The van der Waals surface area contributed by atoms with E-state index in [1.165, 1.54) is 10.0 Å². The van der Waals surface area contributed by atoms with Crippen molar-refractivity contribution in [3.05, 3.63) is 34.9 Å². The van der Waals surface area contributed by atoms with E-state index in [-0.39, 0.29) is 24.8 Å². The van der Waals surface area contributed by atoms with Crippen molar-refractivity contribution in [2.75, 3.05) is 11.0 Å². The summed E-state index contributed by atoms with van der Waals surface area (Å²) in [5, 5.41) is 5.01. The number of benzene rings is 1. The zero-order chi connectivity index (χ0) is 15.0. The SMILES string of the molecule is O=C1CCN(N2Cc3c(CCI)cccc3C2=O)C(=O)N1. The maximum atomic E-state index is 12.5. The van der Waals surface area contributed by atoms with Crippen LogP contribution >= 0.6 is 22.6 Å². The van der Waals surface area contributed by atoms with Crippen molar-refractivity contribution in [3.8, 4) is 0 Å². The van der Waals surface area contributed by atoms with Crippen molar-refractivity contribution in [3.63, 3.8) is 0 Å². The van der Waals surface area contributed by atoms with Crippen molar-refractivity contribution < 1.29 is 14.4 Å².